The predicted molar refractivity (Wildman–Crippen MR) is 83.4 cm³/mol. The van der Waals surface area contributed by atoms with Gasteiger partial charge in [-0.2, -0.15) is 11.8 Å². The second-order valence-electron chi connectivity index (χ2n) is 4.84. The number of pyridine rings is 1. The van der Waals surface area contributed by atoms with Crippen molar-refractivity contribution in [3.8, 4) is 0 Å². The fourth-order valence-electron chi connectivity index (χ4n) is 2.24. The fourth-order valence-corrected chi connectivity index (χ4v) is 3.14. The molecule has 0 bridgehead atoms. The van der Waals surface area contributed by atoms with Crippen LogP contribution in [0.3, 0.4) is 0 Å². The highest BCUT2D eigenvalue weighted by Crippen LogP contribution is 2.18. The van der Waals surface area contributed by atoms with Gasteiger partial charge in [-0.25, -0.2) is 9.78 Å². The maximum absolute atomic E-state index is 11.6. The van der Waals surface area contributed by atoms with Crippen LogP contribution in [0.15, 0.2) is 23.9 Å². The Balaban J connectivity index is 1.78. The zero-order valence-corrected chi connectivity index (χ0v) is 12.5. The van der Waals surface area contributed by atoms with Crippen LogP contribution in [0.5, 0.6) is 0 Å². The van der Waals surface area contributed by atoms with Gasteiger partial charge in [-0.1, -0.05) is 0 Å². The molecule has 0 radical (unpaired) electrons. The van der Waals surface area contributed by atoms with Gasteiger partial charge >= 0.3 is 6.03 Å². The molecule has 0 aromatic carbocycles. The van der Waals surface area contributed by atoms with Crippen LogP contribution in [0, 0.1) is 0 Å². The third-order valence-electron chi connectivity index (χ3n) is 3.36. The number of thioether (sulfide) groups is 1. The average Bonchev–Trinajstić information content (AvgIpc) is 2.52. The van der Waals surface area contributed by atoms with E-state index in [0.717, 1.165) is 30.4 Å². The first-order chi connectivity index (χ1) is 10.6. The molecule has 0 aliphatic carbocycles. The Hall–Kier alpha value is -2.35. The molecule has 1 aromatic heterocycles. The SMILES string of the molecule is O=C1NC(=O)C(=Cc2ccc(N3CCSCC3)nc2)C(=O)N1. The molecule has 0 spiro atoms. The standard InChI is InChI=1S/C14H14N4O3S/c19-12-10(13(20)17-14(21)16-12)7-9-1-2-11(15-8-9)18-3-5-22-6-4-18/h1-2,7-8H,3-6H2,(H2,16,17,19,20,21). The summed E-state index contributed by atoms with van der Waals surface area (Å²) in [6.45, 7) is 1.93. The quantitative estimate of drug-likeness (QED) is 0.605. The van der Waals surface area contributed by atoms with Crippen molar-refractivity contribution in [1.82, 2.24) is 15.6 Å². The summed E-state index contributed by atoms with van der Waals surface area (Å²) in [7, 11) is 0. The van der Waals surface area contributed by atoms with Gasteiger partial charge in [0.25, 0.3) is 11.8 Å². The van der Waals surface area contributed by atoms with Crippen molar-refractivity contribution in [1.29, 1.82) is 0 Å². The van der Waals surface area contributed by atoms with Gasteiger partial charge in [0, 0.05) is 30.8 Å². The van der Waals surface area contributed by atoms with Crippen LogP contribution in [0.2, 0.25) is 0 Å². The van der Waals surface area contributed by atoms with Crippen molar-refractivity contribution in [2.24, 2.45) is 0 Å². The number of urea groups is 1. The first-order valence-corrected chi connectivity index (χ1v) is 7.96. The van der Waals surface area contributed by atoms with Crippen molar-refractivity contribution in [3.63, 3.8) is 0 Å². The monoisotopic (exact) mass is 318 g/mol. The highest BCUT2D eigenvalue weighted by Gasteiger charge is 2.27. The minimum Gasteiger partial charge on any atom is -0.355 e. The van der Waals surface area contributed by atoms with E-state index in [1.165, 1.54) is 6.08 Å². The Morgan fingerprint density at radius 1 is 1.09 bits per heavy atom. The number of anilines is 1. The first-order valence-electron chi connectivity index (χ1n) is 6.80. The number of rotatable bonds is 2. The van der Waals surface area contributed by atoms with E-state index in [0.29, 0.717) is 5.56 Å². The van der Waals surface area contributed by atoms with Gasteiger partial charge in [-0.15, -0.1) is 0 Å². The van der Waals surface area contributed by atoms with Gasteiger partial charge in [0.2, 0.25) is 0 Å². The molecule has 22 heavy (non-hydrogen) atoms. The molecule has 0 unspecified atom stereocenters. The summed E-state index contributed by atoms with van der Waals surface area (Å²) in [5.41, 5.74) is 0.522. The molecule has 0 atom stereocenters. The highest BCUT2D eigenvalue weighted by atomic mass is 32.2. The molecule has 4 amide bonds. The lowest BCUT2D eigenvalue weighted by molar-refractivity contribution is -0.123. The second-order valence-corrected chi connectivity index (χ2v) is 6.07. The summed E-state index contributed by atoms with van der Waals surface area (Å²) in [5.74, 6) is 1.65. The molecule has 2 fully saturated rings. The number of aromatic nitrogens is 1. The fraction of sp³-hybridized carbons (Fsp3) is 0.286. The minimum atomic E-state index is -0.802. The van der Waals surface area contributed by atoms with E-state index < -0.39 is 17.8 Å². The molecular formula is C14H14N4O3S. The Morgan fingerprint density at radius 2 is 1.77 bits per heavy atom. The maximum Gasteiger partial charge on any atom is 0.328 e. The summed E-state index contributed by atoms with van der Waals surface area (Å²) in [5, 5.41) is 4.07. The second kappa shape index (κ2) is 6.18. The summed E-state index contributed by atoms with van der Waals surface area (Å²) in [6, 6.07) is 2.86. The number of nitrogens with zero attached hydrogens (tertiary/aromatic N) is 2. The normalized spacial score (nSPS) is 18.8. The van der Waals surface area contributed by atoms with E-state index in [1.54, 1.807) is 12.3 Å². The predicted octanol–water partition coefficient (Wildman–Crippen LogP) is 0.384. The van der Waals surface area contributed by atoms with E-state index >= 15 is 0 Å². The van der Waals surface area contributed by atoms with E-state index in [9.17, 15) is 14.4 Å². The van der Waals surface area contributed by atoms with Gasteiger partial charge < -0.3 is 4.90 Å². The van der Waals surface area contributed by atoms with Crippen molar-refractivity contribution in [2.45, 2.75) is 0 Å². The van der Waals surface area contributed by atoms with Crippen molar-refractivity contribution in [2.75, 3.05) is 29.5 Å². The van der Waals surface area contributed by atoms with Crippen LogP contribution in [0.1, 0.15) is 5.56 Å². The van der Waals surface area contributed by atoms with Gasteiger partial charge in [-0.05, 0) is 23.8 Å². The number of amides is 4. The lowest BCUT2D eigenvalue weighted by atomic mass is 10.1. The number of barbiturate groups is 1. The Morgan fingerprint density at radius 3 is 2.36 bits per heavy atom. The van der Waals surface area contributed by atoms with Crippen LogP contribution >= 0.6 is 11.8 Å². The highest BCUT2D eigenvalue weighted by molar-refractivity contribution is 7.99. The van der Waals surface area contributed by atoms with Crippen LogP contribution in [-0.4, -0.2) is 47.4 Å². The van der Waals surface area contributed by atoms with Gasteiger partial charge in [0.05, 0.1) is 0 Å². The van der Waals surface area contributed by atoms with Crippen LogP contribution in [0.25, 0.3) is 6.08 Å². The Bertz CT molecular complexity index is 629. The smallest absolute Gasteiger partial charge is 0.328 e. The third kappa shape index (κ3) is 3.11. The lowest BCUT2D eigenvalue weighted by Crippen LogP contribution is -2.51. The van der Waals surface area contributed by atoms with Gasteiger partial charge in [-0.3, -0.25) is 20.2 Å². The van der Waals surface area contributed by atoms with Crippen molar-refractivity contribution in [3.05, 3.63) is 29.5 Å². The number of imide groups is 2. The summed E-state index contributed by atoms with van der Waals surface area (Å²) < 4.78 is 0. The topological polar surface area (TPSA) is 91.4 Å². The van der Waals surface area contributed by atoms with Crippen LogP contribution < -0.4 is 15.5 Å². The molecule has 2 aliphatic heterocycles. The molecule has 3 heterocycles. The minimum absolute atomic E-state index is 0.108. The number of carbonyl (C=O) groups excluding carboxylic acids is 3. The zero-order valence-electron chi connectivity index (χ0n) is 11.7. The van der Waals surface area contributed by atoms with Gasteiger partial charge in [0.15, 0.2) is 0 Å². The number of carbonyl (C=O) groups is 3. The van der Waals surface area contributed by atoms with Crippen LogP contribution in [-0.2, 0) is 9.59 Å². The lowest BCUT2D eigenvalue weighted by Gasteiger charge is -2.27. The number of nitrogens with one attached hydrogen (secondary N) is 2. The molecule has 0 saturated carbocycles. The molecule has 8 heteroatoms. The molecule has 2 saturated heterocycles. The maximum atomic E-state index is 11.6. The first kappa shape index (κ1) is 14.6. The van der Waals surface area contributed by atoms with E-state index in [4.69, 9.17) is 0 Å². The summed E-state index contributed by atoms with van der Waals surface area (Å²) in [6.07, 6.45) is 3.03. The largest absolute Gasteiger partial charge is 0.355 e. The number of hydrogen-bond acceptors (Lipinski definition) is 6. The molecular weight excluding hydrogens is 304 g/mol. The zero-order chi connectivity index (χ0) is 15.5. The van der Waals surface area contributed by atoms with Crippen LogP contribution in [0.4, 0.5) is 10.6 Å². The van der Waals surface area contributed by atoms with Crippen molar-refractivity contribution >= 4 is 41.5 Å². The number of hydrogen-bond donors (Lipinski definition) is 2. The average molecular weight is 318 g/mol. The van der Waals surface area contributed by atoms with E-state index in [2.05, 4.69) is 9.88 Å². The molecule has 1 aromatic rings. The molecule has 114 valence electrons. The van der Waals surface area contributed by atoms with Crippen molar-refractivity contribution < 1.29 is 14.4 Å². The summed E-state index contributed by atoms with van der Waals surface area (Å²) >= 11 is 1.93. The molecule has 7 nitrogen and oxygen atoms in total. The molecule has 2 N–H and O–H groups in total. The molecule has 3 rings (SSSR count). The van der Waals surface area contributed by atoms with E-state index in [1.807, 2.05) is 28.5 Å². The van der Waals surface area contributed by atoms with E-state index in [-0.39, 0.29) is 5.57 Å². The Labute approximate surface area is 131 Å². The molecule has 2 aliphatic rings. The summed E-state index contributed by atoms with van der Waals surface area (Å²) in [4.78, 5) is 40.8. The Kier molecular flexibility index (Phi) is 4.10. The van der Waals surface area contributed by atoms with Gasteiger partial charge in [0.1, 0.15) is 11.4 Å². The third-order valence-corrected chi connectivity index (χ3v) is 4.30.